The summed E-state index contributed by atoms with van der Waals surface area (Å²) in [4.78, 5) is 15.1. The fourth-order valence-corrected chi connectivity index (χ4v) is 15.6. The normalized spacial score (nSPS) is 49.3. The first-order chi connectivity index (χ1) is 27.8. The van der Waals surface area contributed by atoms with Crippen molar-refractivity contribution in [1.82, 2.24) is 5.32 Å². The first kappa shape index (κ1) is 41.9. The van der Waals surface area contributed by atoms with Crippen LogP contribution >= 0.6 is 0 Å². The van der Waals surface area contributed by atoms with E-state index < -0.39 is 69.3 Å². The fraction of sp³-hybridized carbons (Fsp3) is 0.766. The van der Waals surface area contributed by atoms with Crippen LogP contribution in [0.5, 0.6) is 11.5 Å². The highest BCUT2D eigenvalue weighted by atomic mass is 16.6. The molecule has 59 heavy (non-hydrogen) atoms. The molecule has 1 aromatic rings. The van der Waals surface area contributed by atoms with Crippen LogP contribution in [0.25, 0.3) is 0 Å². The third kappa shape index (κ3) is 5.24. The zero-order chi connectivity index (χ0) is 42.3. The third-order valence-electron chi connectivity index (χ3n) is 18.5. The van der Waals surface area contributed by atoms with Crippen molar-refractivity contribution in [3.63, 3.8) is 0 Å². The lowest BCUT2D eigenvalue weighted by Crippen LogP contribution is -2.70. The highest BCUT2D eigenvalue weighted by Crippen LogP contribution is 2.76. The number of nitrogens with one attached hydrogen (secondary N) is 1. The van der Waals surface area contributed by atoms with E-state index in [2.05, 4.69) is 32.2 Å². The number of rotatable bonds is 9. The van der Waals surface area contributed by atoms with E-state index in [0.29, 0.717) is 61.8 Å². The molecular formula is C47H67NO11. The average Bonchev–Trinajstić information content (AvgIpc) is 3.52. The van der Waals surface area contributed by atoms with E-state index in [1.54, 1.807) is 12.1 Å². The molecule has 1 saturated heterocycles. The van der Waals surface area contributed by atoms with Gasteiger partial charge in [0.25, 0.3) is 0 Å². The standard InChI is InChI=1S/C47H67NO11/c1-6-48-24-26-21-41(3)11-9-30(26)47(40(54)25(41)2)45(56,14-16-50)39-35(59-47)22-46(57)32-20-34(53)38-37-29-18-27(51)19-33(52)28(29)8-13-44(37,55)36(58-17-7-15-49)23-42(38,4)31(32)10-12-43(39,46)5/h18-21,25,30-31,35-40,48-52,54-57H,6-17,22-24H2,1-5H3/t25-,30+,31-,35+,36+,37+,38+,39-,40+,41+,42-,43-,44-,45-,46+,47+/m1/s1. The highest BCUT2D eigenvalue weighted by Gasteiger charge is 2.82. The number of aromatic hydroxyl groups is 2. The van der Waals surface area contributed by atoms with Crippen LogP contribution in [0.1, 0.15) is 109 Å². The molecule has 4 saturated carbocycles. The van der Waals surface area contributed by atoms with Gasteiger partial charge in [0.2, 0.25) is 0 Å². The Morgan fingerprint density at radius 1 is 0.966 bits per heavy atom. The Labute approximate surface area is 347 Å². The Kier molecular flexibility index (Phi) is 9.81. The van der Waals surface area contributed by atoms with Crippen LogP contribution in [0.15, 0.2) is 35.4 Å². The molecule has 326 valence electrons. The second kappa shape index (κ2) is 13.8. The number of hydrogen-bond donors (Lipinski definition) is 9. The Hall–Kier alpha value is -2.39. The molecule has 1 aromatic carbocycles. The van der Waals surface area contributed by atoms with Gasteiger partial charge in [0, 0.05) is 74.4 Å². The summed E-state index contributed by atoms with van der Waals surface area (Å²) in [7, 11) is 0. The number of ketones is 1. The van der Waals surface area contributed by atoms with Crippen LogP contribution in [0.2, 0.25) is 0 Å². The molecule has 8 aliphatic carbocycles. The molecular weight excluding hydrogens is 755 g/mol. The number of carbonyl (C=O) groups is 1. The zero-order valence-corrected chi connectivity index (χ0v) is 35.4. The highest BCUT2D eigenvalue weighted by molar-refractivity contribution is 5.96. The number of fused-ring (bicyclic) bond motifs is 13. The van der Waals surface area contributed by atoms with Gasteiger partial charge in [-0.25, -0.2) is 0 Å². The van der Waals surface area contributed by atoms with Crippen molar-refractivity contribution in [1.29, 1.82) is 0 Å². The first-order valence-corrected chi connectivity index (χ1v) is 22.4. The number of aliphatic hydroxyl groups is 6. The minimum atomic E-state index is -1.73. The first-order valence-electron chi connectivity index (χ1n) is 22.4. The maximum absolute atomic E-state index is 15.1. The third-order valence-corrected chi connectivity index (χ3v) is 18.5. The summed E-state index contributed by atoms with van der Waals surface area (Å²) in [5.41, 5.74) is -5.63. The molecule has 9 N–H and O–H groups in total. The number of hydrogen-bond acceptors (Lipinski definition) is 12. The number of aliphatic hydroxyl groups excluding tert-OH is 3. The van der Waals surface area contributed by atoms with Crippen LogP contribution in [0.4, 0.5) is 0 Å². The summed E-state index contributed by atoms with van der Waals surface area (Å²) in [6, 6.07) is 2.85. The number of likely N-dealkylation sites (N-methyl/N-ethyl adjacent to an activating group) is 1. The Morgan fingerprint density at radius 2 is 1.71 bits per heavy atom. The van der Waals surface area contributed by atoms with Crippen LogP contribution in [-0.4, -0.2) is 120 Å². The molecule has 16 atom stereocenters. The van der Waals surface area contributed by atoms with E-state index >= 15 is 4.79 Å². The summed E-state index contributed by atoms with van der Waals surface area (Å²) in [6.07, 6.45) is 5.25. The second-order valence-electron chi connectivity index (χ2n) is 20.9. The molecule has 0 unspecified atom stereocenters. The van der Waals surface area contributed by atoms with E-state index in [9.17, 15) is 40.9 Å². The molecule has 1 aliphatic heterocycles. The number of allylic oxidation sites excluding steroid dienone is 2. The maximum Gasteiger partial charge on any atom is 0.160 e. The van der Waals surface area contributed by atoms with Gasteiger partial charge >= 0.3 is 0 Å². The number of phenolic OH excluding ortho intramolecular Hbond substituents is 2. The van der Waals surface area contributed by atoms with Crippen molar-refractivity contribution in [2.24, 2.45) is 45.8 Å². The number of carbonyl (C=O) groups excluding carboxylic acids is 1. The van der Waals surface area contributed by atoms with Crippen molar-refractivity contribution in [2.45, 2.75) is 145 Å². The summed E-state index contributed by atoms with van der Waals surface area (Å²) in [5.74, 6) is -3.68. The van der Waals surface area contributed by atoms with Gasteiger partial charge in [-0.1, -0.05) is 46.3 Å². The van der Waals surface area contributed by atoms with Crippen LogP contribution in [0.3, 0.4) is 0 Å². The topological polar surface area (TPSA) is 209 Å². The Balaban J connectivity index is 1.15. The smallest absolute Gasteiger partial charge is 0.160 e. The van der Waals surface area contributed by atoms with Crippen molar-refractivity contribution in [2.75, 3.05) is 32.9 Å². The van der Waals surface area contributed by atoms with Crippen LogP contribution in [0, 0.1) is 45.8 Å². The summed E-state index contributed by atoms with van der Waals surface area (Å²) < 4.78 is 13.8. The molecule has 9 aliphatic rings. The summed E-state index contributed by atoms with van der Waals surface area (Å²) in [6.45, 7) is 11.4. The van der Waals surface area contributed by atoms with Crippen molar-refractivity contribution >= 4 is 5.78 Å². The molecule has 2 bridgehead atoms. The largest absolute Gasteiger partial charge is 0.508 e. The quantitative estimate of drug-likeness (QED) is 0.130. The minimum Gasteiger partial charge on any atom is -0.508 e. The lowest BCUT2D eigenvalue weighted by atomic mass is 9.41. The van der Waals surface area contributed by atoms with Gasteiger partial charge in [-0.3, -0.25) is 4.79 Å². The van der Waals surface area contributed by atoms with Gasteiger partial charge in [-0.05, 0) is 109 Å². The number of benzene rings is 1. The predicted molar refractivity (Wildman–Crippen MR) is 217 cm³/mol. The van der Waals surface area contributed by atoms with Crippen LogP contribution in [-0.2, 0) is 20.7 Å². The molecule has 0 radical (unpaired) electrons. The maximum atomic E-state index is 15.1. The lowest BCUT2D eigenvalue weighted by molar-refractivity contribution is -0.247. The van der Waals surface area contributed by atoms with E-state index in [0.717, 1.165) is 18.5 Å². The lowest BCUT2D eigenvalue weighted by Gasteiger charge is -2.65. The van der Waals surface area contributed by atoms with Gasteiger partial charge in [-0.15, -0.1) is 0 Å². The van der Waals surface area contributed by atoms with Crippen molar-refractivity contribution in [3.8, 4) is 11.5 Å². The summed E-state index contributed by atoms with van der Waals surface area (Å²) >= 11 is 0. The monoisotopic (exact) mass is 821 g/mol. The van der Waals surface area contributed by atoms with Gasteiger partial charge in [0.15, 0.2) is 5.78 Å². The summed E-state index contributed by atoms with van der Waals surface area (Å²) in [5, 5.41) is 98.3. The Morgan fingerprint density at radius 3 is 2.42 bits per heavy atom. The van der Waals surface area contributed by atoms with Gasteiger partial charge in [0.1, 0.15) is 22.7 Å². The average molecular weight is 822 g/mol. The zero-order valence-electron chi connectivity index (χ0n) is 35.4. The van der Waals surface area contributed by atoms with Gasteiger partial charge in [-0.2, -0.15) is 0 Å². The molecule has 5 fully saturated rings. The van der Waals surface area contributed by atoms with Crippen molar-refractivity contribution < 1.29 is 55.1 Å². The van der Waals surface area contributed by atoms with E-state index in [4.69, 9.17) is 9.47 Å². The van der Waals surface area contributed by atoms with E-state index in [1.807, 2.05) is 13.8 Å². The molecule has 12 heteroatoms. The number of ether oxygens (including phenoxy) is 2. The molecule has 0 aromatic heterocycles. The van der Waals surface area contributed by atoms with Gasteiger partial charge in [0.05, 0.1) is 29.5 Å². The molecule has 10 rings (SSSR count). The molecule has 12 nitrogen and oxygen atoms in total. The number of phenols is 2. The molecule has 1 spiro atoms. The fourth-order valence-electron chi connectivity index (χ4n) is 15.6. The second-order valence-corrected chi connectivity index (χ2v) is 20.9. The predicted octanol–water partition coefficient (Wildman–Crippen LogP) is 3.54. The van der Waals surface area contributed by atoms with Crippen molar-refractivity contribution in [3.05, 3.63) is 46.6 Å². The van der Waals surface area contributed by atoms with E-state index in [1.165, 1.54) is 6.07 Å². The minimum absolute atomic E-state index is 0.0429. The molecule has 0 amide bonds. The molecule has 1 heterocycles. The van der Waals surface area contributed by atoms with Gasteiger partial charge < -0.3 is 55.6 Å². The van der Waals surface area contributed by atoms with E-state index in [-0.39, 0.29) is 79.5 Å². The Bertz CT molecular complexity index is 1950. The SMILES string of the molecule is CCNCC1=C[C@]2(C)CC[C@@H]1[C@]1(O[C@H]3C[C@]4(O)C5=CC(=O)[C@H]6[C@@H]7c8cc(O)cc(O)c8CC[C@@]7(O)[C@@H](OCCCO)C[C@]6(C)[C@@H]5CC[C@]4(C)[C@@H]3[C@]1(O)CCO)[C@@H](O)[C@H]2C. The van der Waals surface area contributed by atoms with Crippen LogP contribution < -0.4 is 5.32 Å².